The van der Waals surface area contributed by atoms with Gasteiger partial charge in [0.1, 0.15) is 0 Å². The molecule has 0 saturated heterocycles. The topological polar surface area (TPSA) is 47.6 Å². The Bertz CT molecular complexity index is 703. The van der Waals surface area contributed by atoms with E-state index in [1.807, 2.05) is 45.0 Å². The Morgan fingerprint density at radius 2 is 1.75 bits per heavy atom. The Hall–Kier alpha value is -2.01. The van der Waals surface area contributed by atoms with Crippen LogP contribution in [0.5, 0.6) is 11.5 Å². The number of hydrogen-bond donors (Lipinski definition) is 1. The van der Waals surface area contributed by atoms with Crippen molar-refractivity contribution in [1.29, 1.82) is 0 Å². The number of nitrogens with one attached hydrogen (secondary N) is 1. The fraction of sp³-hybridized carbons (Fsp3) is 0.316. The first-order chi connectivity index (χ1) is 11.6. The number of halogens is 1. The minimum absolute atomic E-state index is 0.116. The maximum Gasteiger partial charge on any atom is 0.251 e. The highest BCUT2D eigenvalue weighted by atomic mass is 79.9. The second kappa shape index (κ2) is 8.73. The summed E-state index contributed by atoms with van der Waals surface area (Å²) in [7, 11) is 0. The van der Waals surface area contributed by atoms with Crippen molar-refractivity contribution < 1.29 is 14.3 Å². The van der Waals surface area contributed by atoms with Crippen molar-refractivity contribution in [3.05, 3.63) is 58.1 Å². The van der Waals surface area contributed by atoms with Gasteiger partial charge in [0, 0.05) is 10.0 Å². The summed E-state index contributed by atoms with van der Waals surface area (Å²) in [6.07, 6.45) is 0. The van der Waals surface area contributed by atoms with E-state index in [9.17, 15) is 4.79 Å². The minimum atomic E-state index is -0.151. The number of carbonyl (C=O) groups excluding carboxylic acids is 1. The van der Waals surface area contributed by atoms with Crippen LogP contribution in [0.3, 0.4) is 0 Å². The van der Waals surface area contributed by atoms with E-state index < -0.39 is 0 Å². The molecule has 1 amide bonds. The fourth-order valence-electron chi connectivity index (χ4n) is 2.38. The van der Waals surface area contributed by atoms with Gasteiger partial charge in [-0.15, -0.1) is 0 Å². The molecule has 0 bridgehead atoms. The Balaban J connectivity index is 2.17. The molecule has 0 saturated carbocycles. The predicted molar refractivity (Wildman–Crippen MR) is 98.8 cm³/mol. The molecule has 0 aliphatic heterocycles. The van der Waals surface area contributed by atoms with Crippen molar-refractivity contribution >= 4 is 21.8 Å². The van der Waals surface area contributed by atoms with E-state index in [0.717, 1.165) is 10.0 Å². The van der Waals surface area contributed by atoms with E-state index in [2.05, 4.69) is 21.2 Å². The molecule has 1 N–H and O–H groups in total. The highest BCUT2D eigenvalue weighted by molar-refractivity contribution is 9.10. The van der Waals surface area contributed by atoms with Crippen LogP contribution in [0.4, 0.5) is 0 Å². The molecule has 4 nitrogen and oxygen atoms in total. The summed E-state index contributed by atoms with van der Waals surface area (Å²) in [6, 6.07) is 13.0. The largest absolute Gasteiger partial charge is 0.490 e. The summed E-state index contributed by atoms with van der Waals surface area (Å²) in [6.45, 7) is 6.83. The summed E-state index contributed by atoms with van der Waals surface area (Å²) in [5, 5.41) is 3.01. The van der Waals surface area contributed by atoms with E-state index in [-0.39, 0.29) is 11.9 Å². The number of amides is 1. The van der Waals surface area contributed by atoms with Crippen LogP contribution >= 0.6 is 15.9 Å². The number of benzene rings is 2. The Morgan fingerprint density at radius 1 is 1.08 bits per heavy atom. The van der Waals surface area contributed by atoms with Gasteiger partial charge in [0.15, 0.2) is 11.5 Å². The first-order valence-corrected chi connectivity index (χ1v) is 8.81. The molecule has 0 aliphatic carbocycles. The van der Waals surface area contributed by atoms with Crippen LogP contribution in [0.2, 0.25) is 0 Å². The van der Waals surface area contributed by atoms with Crippen molar-refractivity contribution in [2.24, 2.45) is 0 Å². The van der Waals surface area contributed by atoms with E-state index in [0.29, 0.717) is 30.3 Å². The van der Waals surface area contributed by atoms with Gasteiger partial charge in [-0.3, -0.25) is 4.79 Å². The average Bonchev–Trinajstić information content (AvgIpc) is 2.57. The molecule has 0 aromatic heterocycles. The zero-order valence-corrected chi connectivity index (χ0v) is 15.7. The monoisotopic (exact) mass is 391 g/mol. The third-order valence-electron chi connectivity index (χ3n) is 3.52. The number of rotatable bonds is 7. The lowest BCUT2D eigenvalue weighted by atomic mass is 10.1. The molecular formula is C19H22BrNO3. The van der Waals surface area contributed by atoms with Crippen molar-refractivity contribution in [2.75, 3.05) is 13.2 Å². The first-order valence-electron chi connectivity index (χ1n) is 8.01. The lowest BCUT2D eigenvalue weighted by Gasteiger charge is -2.17. The summed E-state index contributed by atoms with van der Waals surface area (Å²) < 4.78 is 12.1. The van der Waals surface area contributed by atoms with Crippen LogP contribution < -0.4 is 14.8 Å². The summed E-state index contributed by atoms with van der Waals surface area (Å²) in [4.78, 5) is 12.5. The number of hydrogen-bond acceptors (Lipinski definition) is 3. The van der Waals surface area contributed by atoms with Crippen LogP contribution in [0.1, 0.15) is 42.7 Å². The minimum Gasteiger partial charge on any atom is -0.490 e. The molecule has 0 radical (unpaired) electrons. The number of ether oxygens (including phenoxy) is 2. The molecule has 2 aromatic carbocycles. The number of carbonyl (C=O) groups is 1. The van der Waals surface area contributed by atoms with E-state index >= 15 is 0 Å². The molecule has 24 heavy (non-hydrogen) atoms. The molecule has 0 heterocycles. The van der Waals surface area contributed by atoms with Gasteiger partial charge in [-0.25, -0.2) is 0 Å². The van der Waals surface area contributed by atoms with Gasteiger partial charge < -0.3 is 14.8 Å². The zero-order valence-electron chi connectivity index (χ0n) is 14.1. The van der Waals surface area contributed by atoms with Crippen LogP contribution in [-0.2, 0) is 0 Å². The normalized spacial score (nSPS) is 11.7. The highest BCUT2D eigenvalue weighted by Gasteiger charge is 2.15. The zero-order chi connectivity index (χ0) is 17.5. The average molecular weight is 392 g/mol. The standard InChI is InChI=1S/C19H22BrNO3/c1-4-23-17-11-10-14(12-18(17)24-5-2)19(22)21-13(3)15-8-6-7-9-16(15)20/h6-13H,4-5H2,1-3H3,(H,21,22). The van der Waals surface area contributed by atoms with Crippen molar-refractivity contribution in [2.45, 2.75) is 26.8 Å². The van der Waals surface area contributed by atoms with Gasteiger partial charge in [0.05, 0.1) is 19.3 Å². The molecule has 0 aliphatic rings. The van der Waals surface area contributed by atoms with Gasteiger partial charge >= 0.3 is 0 Å². The molecule has 0 fully saturated rings. The summed E-state index contributed by atoms with van der Waals surface area (Å²) >= 11 is 3.51. The molecule has 2 rings (SSSR count). The molecule has 2 aromatic rings. The first kappa shape index (κ1) is 18.3. The van der Waals surface area contributed by atoms with Gasteiger partial charge in [0.2, 0.25) is 0 Å². The Morgan fingerprint density at radius 3 is 2.42 bits per heavy atom. The van der Waals surface area contributed by atoms with Crippen LogP contribution in [-0.4, -0.2) is 19.1 Å². The van der Waals surface area contributed by atoms with Gasteiger partial charge in [-0.2, -0.15) is 0 Å². The van der Waals surface area contributed by atoms with Gasteiger partial charge in [0.25, 0.3) is 5.91 Å². The maximum atomic E-state index is 12.5. The molecule has 0 spiro atoms. The third kappa shape index (κ3) is 4.51. The molecular weight excluding hydrogens is 370 g/mol. The second-order valence-corrected chi connectivity index (χ2v) is 6.10. The van der Waals surface area contributed by atoms with E-state index in [1.54, 1.807) is 18.2 Å². The smallest absolute Gasteiger partial charge is 0.251 e. The fourth-order valence-corrected chi connectivity index (χ4v) is 3.00. The van der Waals surface area contributed by atoms with Crippen molar-refractivity contribution in [1.82, 2.24) is 5.32 Å². The predicted octanol–water partition coefficient (Wildman–Crippen LogP) is 4.74. The van der Waals surface area contributed by atoms with Crippen molar-refractivity contribution in [3.8, 4) is 11.5 Å². The van der Waals surface area contributed by atoms with Crippen molar-refractivity contribution in [3.63, 3.8) is 0 Å². The van der Waals surface area contributed by atoms with E-state index in [4.69, 9.17) is 9.47 Å². The Labute approximate surface area is 151 Å². The third-order valence-corrected chi connectivity index (χ3v) is 4.25. The van der Waals surface area contributed by atoms with Gasteiger partial charge in [-0.1, -0.05) is 34.1 Å². The second-order valence-electron chi connectivity index (χ2n) is 5.24. The van der Waals surface area contributed by atoms with Crippen LogP contribution in [0.25, 0.3) is 0 Å². The maximum absolute atomic E-state index is 12.5. The molecule has 1 unspecified atom stereocenters. The molecule has 128 valence electrons. The van der Waals surface area contributed by atoms with Crippen LogP contribution in [0.15, 0.2) is 46.9 Å². The van der Waals surface area contributed by atoms with Gasteiger partial charge in [-0.05, 0) is 50.6 Å². The lowest BCUT2D eigenvalue weighted by molar-refractivity contribution is 0.0939. The van der Waals surface area contributed by atoms with Crippen LogP contribution in [0, 0.1) is 0 Å². The summed E-state index contributed by atoms with van der Waals surface area (Å²) in [5.41, 5.74) is 1.57. The molecule has 5 heteroatoms. The summed E-state index contributed by atoms with van der Waals surface area (Å²) in [5.74, 6) is 1.08. The quantitative estimate of drug-likeness (QED) is 0.741. The molecule has 1 atom stereocenters. The SMILES string of the molecule is CCOc1ccc(C(=O)NC(C)c2ccccc2Br)cc1OCC. The Kier molecular flexibility index (Phi) is 6.67. The lowest BCUT2D eigenvalue weighted by Crippen LogP contribution is -2.26. The highest BCUT2D eigenvalue weighted by Crippen LogP contribution is 2.29. The van der Waals surface area contributed by atoms with E-state index in [1.165, 1.54) is 0 Å².